The maximum atomic E-state index is 13.5. The van der Waals surface area contributed by atoms with E-state index in [-0.39, 0.29) is 37.9 Å². The number of rotatable bonds is 15. The molecular weight excluding hydrogens is 713 g/mol. The minimum atomic E-state index is -3.00. The number of nitrogens with one attached hydrogen (secondary N) is 1. The Hall–Kier alpha value is -4.91. The lowest BCUT2D eigenvalue weighted by atomic mass is 9.92. The number of carbonyl (C=O) groups excluding carboxylic acids is 1. The van der Waals surface area contributed by atoms with Crippen molar-refractivity contribution in [2.45, 2.75) is 83.3 Å². The van der Waals surface area contributed by atoms with Gasteiger partial charge in [0.25, 0.3) is 13.9 Å². The molecule has 4 atom stereocenters. The van der Waals surface area contributed by atoms with Gasteiger partial charge in [-0.25, -0.2) is 4.79 Å². The molecule has 1 aliphatic heterocycles. The number of hydrogen-bond donors (Lipinski definition) is 1. The van der Waals surface area contributed by atoms with E-state index in [0.29, 0.717) is 5.56 Å². The number of benzene rings is 4. The molecular formula is C44H50N2O8Si. The molecule has 1 unspecified atom stereocenters. The first-order valence-corrected chi connectivity index (χ1v) is 20.5. The van der Waals surface area contributed by atoms with Crippen molar-refractivity contribution in [1.29, 1.82) is 0 Å². The second-order valence-corrected chi connectivity index (χ2v) is 19.4. The van der Waals surface area contributed by atoms with E-state index >= 15 is 0 Å². The van der Waals surface area contributed by atoms with Gasteiger partial charge >= 0.3 is 11.7 Å². The highest BCUT2D eigenvalue weighted by Crippen LogP contribution is 2.44. The molecule has 0 saturated carbocycles. The summed E-state index contributed by atoms with van der Waals surface area (Å²) in [6.45, 7) is 10.2. The van der Waals surface area contributed by atoms with Crippen molar-refractivity contribution < 1.29 is 28.2 Å². The van der Waals surface area contributed by atoms with Gasteiger partial charge in [0.15, 0.2) is 12.3 Å². The summed E-state index contributed by atoms with van der Waals surface area (Å²) in [5.41, 5.74) is -0.378. The van der Waals surface area contributed by atoms with Gasteiger partial charge in [0.1, 0.15) is 11.7 Å². The SMILES string of the molecule is CC(=O)O[C@H]1C(OCc2ccccc2)[C@@](CCO[Si](c2ccccc2)(c2ccccc2)C(C)(C)C)(COCc2ccccc2)O[C@H]1n1cc(C)c(=O)[nH]c1=O. The number of H-pyrrole nitrogens is 1. The molecule has 0 aliphatic carbocycles. The van der Waals surface area contributed by atoms with Crippen molar-refractivity contribution in [1.82, 2.24) is 9.55 Å². The van der Waals surface area contributed by atoms with Gasteiger partial charge in [-0.2, -0.15) is 0 Å². The summed E-state index contributed by atoms with van der Waals surface area (Å²) in [5.74, 6) is -0.578. The first-order chi connectivity index (χ1) is 26.4. The average molecular weight is 763 g/mol. The normalized spacial score (nSPS) is 20.0. The van der Waals surface area contributed by atoms with Crippen LogP contribution in [0.15, 0.2) is 137 Å². The predicted octanol–water partition coefficient (Wildman–Crippen LogP) is 5.81. The fourth-order valence-corrected chi connectivity index (χ4v) is 12.1. The highest BCUT2D eigenvalue weighted by molar-refractivity contribution is 6.99. The van der Waals surface area contributed by atoms with Crippen LogP contribution in [0.25, 0.3) is 0 Å². The van der Waals surface area contributed by atoms with E-state index in [4.69, 9.17) is 23.4 Å². The van der Waals surface area contributed by atoms with E-state index in [0.717, 1.165) is 21.5 Å². The molecule has 1 fully saturated rings. The highest BCUT2D eigenvalue weighted by Gasteiger charge is 2.59. The first-order valence-electron chi connectivity index (χ1n) is 18.6. The summed E-state index contributed by atoms with van der Waals surface area (Å²) < 4.78 is 35.0. The summed E-state index contributed by atoms with van der Waals surface area (Å²) in [4.78, 5) is 41.2. The van der Waals surface area contributed by atoms with E-state index in [2.05, 4.69) is 50.0 Å². The van der Waals surface area contributed by atoms with Crippen LogP contribution >= 0.6 is 0 Å². The van der Waals surface area contributed by atoms with Crippen LogP contribution in [0.3, 0.4) is 0 Å². The minimum Gasteiger partial charge on any atom is -0.455 e. The molecule has 55 heavy (non-hydrogen) atoms. The molecule has 4 aromatic carbocycles. The fraction of sp³-hybridized carbons (Fsp3) is 0.341. The Morgan fingerprint density at radius 1 is 0.818 bits per heavy atom. The van der Waals surface area contributed by atoms with Crippen molar-refractivity contribution >= 4 is 24.7 Å². The molecule has 5 aromatic rings. The molecule has 1 N–H and O–H groups in total. The second kappa shape index (κ2) is 17.3. The molecule has 288 valence electrons. The number of ether oxygens (including phenoxy) is 4. The number of carbonyl (C=O) groups is 1. The van der Waals surface area contributed by atoms with E-state index < -0.39 is 49.6 Å². The van der Waals surface area contributed by atoms with Crippen molar-refractivity contribution in [3.8, 4) is 0 Å². The van der Waals surface area contributed by atoms with E-state index in [9.17, 15) is 14.4 Å². The number of esters is 1. The zero-order chi connectivity index (χ0) is 39.1. The molecule has 1 saturated heterocycles. The lowest BCUT2D eigenvalue weighted by molar-refractivity contribution is -0.165. The fourth-order valence-electron chi connectivity index (χ4n) is 7.58. The van der Waals surface area contributed by atoms with Crippen LogP contribution in [0.1, 0.15) is 57.0 Å². The molecule has 0 bridgehead atoms. The monoisotopic (exact) mass is 762 g/mol. The quantitative estimate of drug-likeness (QED) is 0.105. The van der Waals surface area contributed by atoms with Crippen molar-refractivity contribution in [3.05, 3.63) is 165 Å². The summed E-state index contributed by atoms with van der Waals surface area (Å²) in [6, 6.07) is 40.2. The third kappa shape index (κ3) is 8.82. The van der Waals surface area contributed by atoms with Crippen molar-refractivity contribution in [2.75, 3.05) is 13.2 Å². The molecule has 6 rings (SSSR count). The molecule has 0 radical (unpaired) electrons. The van der Waals surface area contributed by atoms with Crippen LogP contribution in [0.5, 0.6) is 0 Å². The summed E-state index contributed by atoms with van der Waals surface area (Å²) in [6.07, 6.45) is -1.52. The van der Waals surface area contributed by atoms with Crippen LogP contribution in [0.2, 0.25) is 5.04 Å². The number of hydrogen-bond acceptors (Lipinski definition) is 8. The zero-order valence-corrected chi connectivity index (χ0v) is 33.1. The minimum absolute atomic E-state index is 0.0107. The zero-order valence-electron chi connectivity index (χ0n) is 32.1. The summed E-state index contributed by atoms with van der Waals surface area (Å²) >= 11 is 0. The Labute approximate surface area is 323 Å². The third-order valence-corrected chi connectivity index (χ3v) is 15.2. The topological polar surface area (TPSA) is 118 Å². The van der Waals surface area contributed by atoms with Crippen LogP contribution in [0.4, 0.5) is 0 Å². The Balaban J connectivity index is 1.46. The molecule has 10 nitrogen and oxygen atoms in total. The predicted molar refractivity (Wildman–Crippen MR) is 214 cm³/mol. The lowest BCUT2D eigenvalue weighted by Gasteiger charge is -2.44. The van der Waals surface area contributed by atoms with Gasteiger partial charge in [-0.1, -0.05) is 142 Å². The van der Waals surface area contributed by atoms with E-state index in [1.807, 2.05) is 97.1 Å². The third-order valence-electron chi connectivity index (χ3n) is 10.2. The highest BCUT2D eigenvalue weighted by atomic mass is 28.4. The van der Waals surface area contributed by atoms with Gasteiger partial charge in [-0.15, -0.1) is 0 Å². The average Bonchev–Trinajstić information content (AvgIpc) is 3.46. The van der Waals surface area contributed by atoms with E-state index in [1.54, 1.807) is 6.92 Å². The Kier molecular flexibility index (Phi) is 12.5. The largest absolute Gasteiger partial charge is 0.455 e. The van der Waals surface area contributed by atoms with Gasteiger partial charge in [0, 0.05) is 31.7 Å². The molecule has 2 heterocycles. The van der Waals surface area contributed by atoms with Crippen LogP contribution < -0.4 is 21.6 Å². The first kappa shape index (κ1) is 39.8. The van der Waals surface area contributed by atoms with Crippen molar-refractivity contribution in [3.63, 3.8) is 0 Å². The lowest BCUT2D eigenvalue weighted by Crippen LogP contribution is -2.67. The van der Waals surface area contributed by atoms with Crippen molar-refractivity contribution in [2.24, 2.45) is 0 Å². The second-order valence-electron chi connectivity index (χ2n) is 15.1. The summed E-state index contributed by atoms with van der Waals surface area (Å²) in [7, 11) is -3.00. The number of nitrogens with zero attached hydrogens (tertiary/aromatic N) is 1. The van der Waals surface area contributed by atoms with Crippen LogP contribution in [-0.2, 0) is 41.4 Å². The van der Waals surface area contributed by atoms with Crippen LogP contribution in [0, 0.1) is 6.92 Å². The van der Waals surface area contributed by atoms with Gasteiger partial charge in [0.2, 0.25) is 0 Å². The Morgan fingerprint density at radius 2 is 1.35 bits per heavy atom. The maximum absolute atomic E-state index is 13.5. The molecule has 1 aromatic heterocycles. The van der Waals surface area contributed by atoms with Crippen LogP contribution in [-0.4, -0.2) is 54.9 Å². The number of aromatic nitrogens is 2. The maximum Gasteiger partial charge on any atom is 0.330 e. The standard InChI is InChI=1S/C44H50N2O8Si/c1-32-28-46(42(49)45-40(32)48)41-38(53-33(2)47)39(51-30-35-20-12-7-13-21-35)44(54-41,31-50-29-34-18-10-6-11-19-34)26-27-52-55(43(3,4)5,36-22-14-8-15-23-36)37-24-16-9-17-25-37/h6-25,28,38-39,41H,26-27,29-31H2,1-5H3,(H,45,48,49)/t38-,39?,41+,44+/m0/s1. The van der Waals surface area contributed by atoms with Gasteiger partial charge < -0.3 is 23.4 Å². The molecule has 0 amide bonds. The number of aromatic amines is 1. The Bertz CT molecular complexity index is 2080. The Morgan fingerprint density at radius 3 is 1.87 bits per heavy atom. The smallest absolute Gasteiger partial charge is 0.330 e. The molecule has 0 spiro atoms. The van der Waals surface area contributed by atoms with Gasteiger partial charge in [-0.05, 0) is 33.5 Å². The molecule has 11 heteroatoms. The van der Waals surface area contributed by atoms with E-state index in [1.165, 1.54) is 17.7 Å². The molecule has 1 aliphatic rings. The van der Waals surface area contributed by atoms with Gasteiger partial charge in [-0.3, -0.25) is 19.1 Å². The van der Waals surface area contributed by atoms with Gasteiger partial charge in [0.05, 0.1) is 19.8 Å². The summed E-state index contributed by atoms with van der Waals surface area (Å²) in [5, 5.41) is 1.95. The number of aryl methyl sites for hydroxylation is 1.